The molecule has 0 aliphatic heterocycles. The number of hydrogen-bond acceptors (Lipinski definition) is 4. The van der Waals surface area contributed by atoms with E-state index in [1.165, 1.54) is 12.1 Å². The van der Waals surface area contributed by atoms with Gasteiger partial charge in [-0.25, -0.2) is 8.78 Å². The van der Waals surface area contributed by atoms with Crippen molar-refractivity contribution in [1.82, 2.24) is 0 Å². The Balaban J connectivity index is 2.94. The molecule has 0 aliphatic rings. The molecule has 0 amide bonds. The van der Waals surface area contributed by atoms with Crippen molar-refractivity contribution in [2.24, 2.45) is 0 Å². The van der Waals surface area contributed by atoms with Gasteiger partial charge in [0.1, 0.15) is 6.61 Å². The zero-order chi connectivity index (χ0) is 12.1. The van der Waals surface area contributed by atoms with Gasteiger partial charge in [0.2, 0.25) is 0 Å². The highest BCUT2D eigenvalue weighted by Crippen LogP contribution is 2.28. The second-order valence-electron chi connectivity index (χ2n) is 2.92. The Morgan fingerprint density at radius 2 is 2.19 bits per heavy atom. The molecule has 0 bridgehead atoms. The van der Waals surface area contributed by atoms with Gasteiger partial charge < -0.3 is 9.84 Å². The minimum Gasteiger partial charge on any atom is -0.481 e. The molecule has 0 aliphatic carbocycles. The Morgan fingerprint density at radius 1 is 1.50 bits per heavy atom. The lowest BCUT2D eigenvalue weighted by Crippen LogP contribution is -2.08. The highest BCUT2D eigenvalue weighted by atomic mass is 19.3. The van der Waals surface area contributed by atoms with Gasteiger partial charge in [0, 0.05) is 6.07 Å². The zero-order valence-corrected chi connectivity index (χ0v) is 8.10. The number of ether oxygens (including phenoxy) is 1. The van der Waals surface area contributed by atoms with Crippen LogP contribution in [0.5, 0.6) is 5.75 Å². The second kappa shape index (κ2) is 5.36. The molecule has 0 aromatic heterocycles. The van der Waals surface area contributed by atoms with Crippen molar-refractivity contribution in [3.8, 4) is 5.75 Å². The molecule has 88 valence electrons. The third kappa shape index (κ3) is 3.13. The third-order valence-electron chi connectivity index (χ3n) is 1.77. The minimum atomic E-state index is -2.70. The van der Waals surface area contributed by atoms with Crippen molar-refractivity contribution in [3.05, 3.63) is 33.9 Å². The Hall–Kier alpha value is -1.76. The van der Waals surface area contributed by atoms with Crippen LogP contribution in [0.2, 0.25) is 0 Å². The van der Waals surface area contributed by atoms with Crippen molar-refractivity contribution >= 4 is 5.69 Å². The predicted octanol–water partition coefficient (Wildman–Crippen LogP) is 1.73. The van der Waals surface area contributed by atoms with E-state index in [0.717, 1.165) is 6.07 Å². The minimum absolute atomic E-state index is 0.234. The molecule has 1 aromatic carbocycles. The number of alkyl halides is 2. The highest BCUT2D eigenvalue weighted by molar-refractivity contribution is 5.48. The largest absolute Gasteiger partial charge is 0.481 e. The lowest BCUT2D eigenvalue weighted by molar-refractivity contribution is -0.386. The number of nitrogens with zero attached hydrogens (tertiary/aromatic N) is 1. The number of nitro benzene ring substituents is 1. The quantitative estimate of drug-likeness (QED) is 0.620. The number of nitro groups is 1. The van der Waals surface area contributed by atoms with Gasteiger partial charge in [-0.15, -0.1) is 0 Å². The van der Waals surface area contributed by atoms with E-state index in [1.807, 2.05) is 0 Å². The van der Waals surface area contributed by atoms with Crippen LogP contribution in [0.3, 0.4) is 0 Å². The van der Waals surface area contributed by atoms with Gasteiger partial charge in [-0.2, -0.15) is 0 Å². The Labute approximate surface area is 89.4 Å². The maximum absolute atomic E-state index is 11.9. The molecule has 5 nitrogen and oxygen atoms in total. The Kier molecular flexibility index (Phi) is 4.12. The molecular formula is C9H9F2NO4. The van der Waals surface area contributed by atoms with Crippen LogP contribution in [0.25, 0.3) is 0 Å². The summed E-state index contributed by atoms with van der Waals surface area (Å²) in [6, 6.07) is 3.64. The van der Waals surface area contributed by atoms with Crippen LogP contribution >= 0.6 is 0 Å². The molecule has 0 heterocycles. The summed E-state index contributed by atoms with van der Waals surface area (Å²) in [4.78, 5) is 9.84. The van der Waals surface area contributed by atoms with E-state index in [4.69, 9.17) is 5.11 Å². The average molecular weight is 233 g/mol. The van der Waals surface area contributed by atoms with Crippen molar-refractivity contribution in [3.63, 3.8) is 0 Å². The molecule has 7 heteroatoms. The fourth-order valence-corrected chi connectivity index (χ4v) is 1.08. The fourth-order valence-electron chi connectivity index (χ4n) is 1.08. The maximum Gasteiger partial charge on any atom is 0.311 e. The third-order valence-corrected chi connectivity index (χ3v) is 1.77. The number of rotatable bonds is 5. The summed E-state index contributed by atoms with van der Waals surface area (Å²) < 4.78 is 28.3. The standard InChI is InChI=1S/C9H9F2NO4/c10-9(11)5-16-8-2-1-6(4-13)3-7(8)12(14)15/h1-3,9,13H,4-5H2. The van der Waals surface area contributed by atoms with Crippen molar-refractivity contribution in [2.45, 2.75) is 13.0 Å². The van der Waals surface area contributed by atoms with E-state index in [9.17, 15) is 18.9 Å². The SMILES string of the molecule is O=[N+]([O-])c1cc(CO)ccc1OCC(F)F. The molecule has 16 heavy (non-hydrogen) atoms. The molecule has 0 fully saturated rings. The first kappa shape index (κ1) is 12.3. The van der Waals surface area contributed by atoms with Crippen LogP contribution in [-0.4, -0.2) is 23.1 Å². The van der Waals surface area contributed by atoms with Gasteiger partial charge >= 0.3 is 5.69 Å². The molecule has 1 aromatic rings. The van der Waals surface area contributed by atoms with Gasteiger partial charge in [0.05, 0.1) is 11.5 Å². The van der Waals surface area contributed by atoms with Crippen molar-refractivity contribution in [2.75, 3.05) is 6.61 Å². The summed E-state index contributed by atoms with van der Waals surface area (Å²) in [5.41, 5.74) is -0.122. The Morgan fingerprint density at radius 3 is 2.69 bits per heavy atom. The molecule has 0 saturated carbocycles. The number of hydrogen-bond donors (Lipinski definition) is 1. The lowest BCUT2D eigenvalue weighted by Gasteiger charge is -2.06. The van der Waals surface area contributed by atoms with Crippen molar-refractivity contribution in [1.29, 1.82) is 0 Å². The van der Waals surface area contributed by atoms with Crippen LogP contribution in [0, 0.1) is 10.1 Å². The number of aliphatic hydroxyl groups is 1. The molecule has 0 radical (unpaired) electrons. The van der Waals surface area contributed by atoms with Crippen LogP contribution in [0.1, 0.15) is 5.56 Å². The topological polar surface area (TPSA) is 72.6 Å². The number of benzene rings is 1. The van der Waals surface area contributed by atoms with Gasteiger partial charge in [0.25, 0.3) is 6.43 Å². The summed E-state index contributed by atoms with van der Waals surface area (Å²) >= 11 is 0. The van der Waals surface area contributed by atoms with E-state index in [0.29, 0.717) is 5.56 Å². The lowest BCUT2D eigenvalue weighted by atomic mass is 10.2. The van der Waals surface area contributed by atoms with Gasteiger partial charge in [-0.05, 0) is 11.6 Å². The molecule has 1 N–H and O–H groups in total. The molecular weight excluding hydrogens is 224 g/mol. The van der Waals surface area contributed by atoms with Crippen molar-refractivity contribution < 1.29 is 23.5 Å². The van der Waals surface area contributed by atoms with Crippen LogP contribution in [0.4, 0.5) is 14.5 Å². The first-order chi connectivity index (χ1) is 7.54. The first-order valence-electron chi connectivity index (χ1n) is 4.33. The second-order valence-corrected chi connectivity index (χ2v) is 2.92. The number of aliphatic hydroxyl groups excluding tert-OH is 1. The van der Waals surface area contributed by atoms with Crippen LogP contribution < -0.4 is 4.74 Å². The molecule has 0 spiro atoms. The zero-order valence-electron chi connectivity index (χ0n) is 8.10. The van der Waals surface area contributed by atoms with Gasteiger partial charge in [-0.1, -0.05) is 6.07 Å². The Bertz CT molecular complexity index is 384. The smallest absolute Gasteiger partial charge is 0.311 e. The molecule has 0 unspecified atom stereocenters. The normalized spacial score (nSPS) is 10.5. The van der Waals surface area contributed by atoms with Gasteiger partial charge in [0.15, 0.2) is 5.75 Å². The van der Waals surface area contributed by atoms with E-state index in [-0.39, 0.29) is 12.4 Å². The van der Waals surface area contributed by atoms with E-state index >= 15 is 0 Å². The summed E-state index contributed by atoms with van der Waals surface area (Å²) in [7, 11) is 0. The monoisotopic (exact) mass is 233 g/mol. The summed E-state index contributed by atoms with van der Waals surface area (Å²) in [6.45, 7) is -1.27. The maximum atomic E-state index is 11.9. The fraction of sp³-hybridized carbons (Fsp3) is 0.333. The van der Waals surface area contributed by atoms with Gasteiger partial charge in [-0.3, -0.25) is 10.1 Å². The average Bonchev–Trinajstić information content (AvgIpc) is 2.25. The first-order valence-corrected chi connectivity index (χ1v) is 4.33. The van der Waals surface area contributed by atoms with Crippen LogP contribution in [-0.2, 0) is 6.61 Å². The summed E-state index contributed by atoms with van der Waals surface area (Å²) in [5, 5.41) is 19.4. The summed E-state index contributed by atoms with van der Waals surface area (Å²) in [5.74, 6) is -0.234. The number of halogens is 2. The van der Waals surface area contributed by atoms with E-state index in [1.54, 1.807) is 0 Å². The van der Waals surface area contributed by atoms with E-state index in [2.05, 4.69) is 4.74 Å². The molecule has 0 saturated heterocycles. The highest BCUT2D eigenvalue weighted by Gasteiger charge is 2.17. The van der Waals surface area contributed by atoms with Crippen LogP contribution in [0.15, 0.2) is 18.2 Å². The molecule has 0 atom stereocenters. The predicted molar refractivity (Wildman–Crippen MR) is 50.5 cm³/mol. The molecule has 1 rings (SSSR count). The van der Waals surface area contributed by atoms with E-state index < -0.39 is 23.6 Å². The summed E-state index contributed by atoms with van der Waals surface area (Å²) in [6.07, 6.45) is -2.70.